The highest BCUT2D eigenvalue weighted by atomic mass is 19.3. The molecule has 18 heavy (non-hydrogen) atoms. The Morgan fingerprint density at radius 1 is 1.39 bits per heavy atom. The monoisotopic (exact) mass is 254 g/mol. The van der Waals surface area contributed by atoms with Crippen molar-refractivity contribution in [2.45, 2.75) is 25.2 Å². The Kier molecular flexibility index (Phi) is 3.36. The van der Waals surface area contributed by atoms with Crippen LogP contribution in [0.15, 0.2) is 18.5 Å². The molecular weight excluding hydrogens is 242 g/mol. The quantitative estimate of drug-likeness (QED) is 0.761. The van der Waals surface area contributed by atoms with E-state index >= 15 is 0 Å². The third kappa shape index (κ3) is 2.69. The second-order valence-electron chi connectivity index (χ2n) is 4.08. The van der Waals surface area contributed by atoms with E-state index in [1.165, 1.54) is 25.6 Å². The highest BCUT2D eigenvalue weighted by Gasteiger charge is 2.31. The number of carbonyl (C=O) groups excluding carboxylic acids is 1. The number of allylic oxidation sites excluding steroid dienone is 2. The van der Waals surface area contributed by atoms with Gasteiger partial charge in [0.05, 0.1) is 12.7 Å². The van der Waals surface area contributed by atoms with E-state index in [0.717, 1.165) is 0 Å². The average Bonchev–Trinajstić information content (AvgIpc) is 2.38. The molecule has 0 fully saturated rings. The van der Waals surface area contributed by atoms with E-state index in [2.05, 4.69) is 14.7 Å². The molecule has 1 heterocycles. The normalized spacial score (nSPS) is 18.1. The van der Waals surface area contributed by atoms with E-state index in [1.54, 1.807) is 0 Å². The summed E-state index contributed by atoms with van der Waals surface area (Å²) in [6.07, 6.45) is 3.89. The number of halogens is 2. The summed E-state index contributed by atoms with van der Waals surface area (Å²) in [6.45, 7) is 0. The van der Waals surface area contributed by atoms with Gasteiger partial charge in [-0.25, -0.2) is 23.5 Å². The van der Waals surface area contributed by atoms with E-state index in [4.69, 9.17) is 0 Å². The number of hydrogen-bond acceptors (Lipinski definition) is 4. The Balaban J connectivity index is 2.16. The third-order valence-corrected chi connectivity index (χ3v) is 2.77. The van der Waals surface area contributed by atoms with Crippen molar-refractivity contribution in [3.8, 4) is 0 Å². The van der Waals surface area contributed by atoms with Crippen LogP contribution in [0.4, 0.5) is 8.78 Å². The molecule has 6 heteroatoms. The molecule has 96 valence electrons. The topological polar surface area (TPSA) is 52.1 Å². The van der Waals surface area contributed by atoms with Gasteiger partial charge in [0.15, 0.2) is 5.82 Å². The maximum Gasteiger partial charge on any atom is 0.341 e. The van der Waals surface area contributed by atoms with E-state index in [1.807, 2.05) is 0 Å². The van der Waals surface area contributed by atoms with Crippen LogP contribution in [0.3, 0.4) is 0 Å². The summed E-state index contributed by atoms with van der Waals surface area (Å²) >= 11 is 0. The van der Waals surface area contributed by atoms with Gasteiger partial charge in [0.1, 0.15) is 0 Å². The Morgan fingerprint density at radius 2 is 2.06 bits per heavy atom. The van der Waals surface area contributed by atoms with Gasteiger partial charge in [-0.3, -0.25) is 0 Å². The zero-order valence-corrected chi connectivity index (χ0v) is 9.82. The average molecular weight is 254 g/mol. The number of esters is 1. The molecule has 4 nitrogen and oxygen atoms in total. The van der Waals surface area contributed by atoms with Crippen LogP contribution in [0.25, 0.3) is 5.57 Å². The van der Waals surface area contributed by atoms with Gasteiger partial charge in [-0.2, -0.15) is 0 Å². The third-order valence-electron chi connectivity index (χ3n) is 2.77. The lowest BCUT2D eigenvalue weighted by Crippen LogP contribution is -2.18. The molecule has 0 spiro atoms. The minimum Gasteiger partial charge on any atom is -0.465 e. The minimum atomic E-state index is -2.63. The minimum absolute atomic E-state index is 0.194. The molecule has 0 unspecified atom stereocenters. The number of rotatable bonds is 2. The number of aromatic nitrogens is 2. The van der Waals surface area contributed by atoms with Crippen LogP contribution in [0, 0.1) is 0 Å². The van der Waals surface area contributed by atoms with Crippen LogP contribution in [-0.2, 0) is 4.74 Å². The van der Waals surface area contributed by atoms with Crippen molar-refractivity contribution in [3.05, 3.63) is 29.9 Å². The first-order valence-electron chi connectivity index (χ1n) is 5.49. The summed E-state index contributed by atoms with van der Waals surface area (Å²) in [5.74, 6) is -2.76. The van der Waals surface area contributed by atoms with Crippen molar-refractivity contribution in [2.75, 3.05) is 7.11 Å². The molecular formula is C12H12F2N2O2. The molecule has 0 aromatic carbocycles. The van der Waals surface area contributed by atoms with Crippen molar-refractivity contribution in [1.82, 2.24) is 9.97 Å². The van der Waals surface area contributed by atoms with Gasteiger partial charge < -0.3 is 4.74 Å². The number of carbonyl (C=O) groups is 1. The van der Waals surface area contributed by atoms with Gasteiger partial charge in [0.2, 0.25) is 0 Å². The Bertz CT molecular complexity index is 483. The van der Waals surface area contributed by atoms with Gasteiger partial charge in [0, 0.05) is 25.2 Å². The zero-order chi connectivity index (χ0) is 13.2. The summed E-state index contributed by atoms with van der Waals surface area (Å²) in [5.41, 5.74) is 0.931. The number of hydrogen-bond donors (Lipinski definition) is 0. The lowest BCUT2D eigenvalue weighted by molar-refractivity contribution is -0.00608. The van der Waals surface area contributed by atoms with E-state index in [0.29, 0.717) is 11.4 Å². The lowest BCUT2D eigenvalue weighted by Gasteiger charge is -2.20. The molecule has 0 atom stereocenters. The number of alkyl halides is 2. The smallest absolute Gasteiger partial charge is 0.341 e. The second-order valence-corrected chi connectivity index (χ2v) is 4.08. The molecule has 0 radical (unpaired) electrons. The van der Waals surface area contributed by atoms with Gasteiger partial charge in [-0.1, -0.05) is 6.08 Å². The molecule has 1 aromatic rings. The Labute approximate surface area is 103 Å². The second kappa shape index (κ2) is 4.80. The van der Waals surface area contributed by atoms with Crippen LogP contribution in [0.5, 0.6) is 0 Å². The van der Waals surface area contributed by atoms with E-state index in [-0.39, 0.29) is 24.8 Å². The largest absolute Gasteiger partial charge is 0.465 e. The Hall–Kier alpha value is -1.85. The van der Waals surface area contributed by atoms with Crippen molar-refractivity contribution in [3.63, 3.8) is 0 Å². The predicted molar refractivity (Wildman–Crippen MR) is 60.1 cm³/mol. The fourth-order valence-corrected chi connectivity index (χ4v) is 1.71. The van der Waals surface area contributed by atoms with Crippen LogP contribution >= 0.6 is 0 Å². The maximum atomic E-state index is 13.0. The first-order valence-corrected chi connectivity index (χ1v) is 5.49. The summed E-state index contributed by atoms with van der Waals surface area (Å²) < 4.78 is 30.4. The van der Waals surface area contributed by atoms with E-state index in [9.17, 15) is 13.6 Å². The fourth-order valence-electron chi connectivity index (χ4n) is 1.71. The van der Waals surface area contributed by atoms with E-state index < -0.39 is 11.9 Å². The number of methoxy groups -OCH3 is 1. The first-order chi connectivity index (χ1) is 8.52. The molecule has 1 aliphatic rings. The molecule has 1 aromatic heterocycles. The summed E-state index contributed by atoms with van der Waals surface area (Å²) in [4.78, 5) is 19.2. The van der Waals surface area contributed by atoms with Gasteiger partial charge in [-0.15, -0.1) is 0 Å². The van der Waals surface area contributed by atoms with Gasteiger partial charge in [-0.05, 0) is 12.0 Å². The fraction of sp³-hybridized carbons (Fsp3) is 0.417. The zero-order valence-electron chi connectivity index (χ0n) is 9.82. The predicted octanol–water partition coefficient (Wildman–Crippen LogP) is 2.47. The molecule has 0 amide bonds. The highest BCUT2D eigenvalue weighted by Crippen LogP contribution is 2.35. The van der Waals surface area contributed by atoms with Crippen molar-refractivity contribution in [1.29, 1.82) is 0 Å². The van der Waals surface area contributed by atoms with Gasteiger partial charge in [0.25, 0.3) is 5.92 Å². The summed E-state index contributed by atoms with van der Waals surface area (Å²) in [7, 11) is 1.27. The van der Waals surface area contributed by atoms with Crippen molar-refractivity contribution < 1.29 is 18.3 Å². The first kappa shape index (κ1) is 12.6. The number of ether oxygens (including phenoxy) is 1. The van der Waals surface area contributed by atoms with Gasteiger partial charge >= 0.3 is 5.97 Å². The molecule has 1 aliphatic carbocycles. The summed E-state index contributed by atoms with van der Waals surface area (Å²) in [6, 6.07) is 0. The lowest BCUT2D eigenvalue weighted by atomic mass is 9.96. The molecule has 0 bridgehead atoms. The molecule has 0 saturated carbocycles. The molecule has 0 saturated heterocycles. The van der Waals surface area contributed by atoms with Crippen LogP contribution in [0.1, 0.15) is 35.4 Å². The molecule has 0 N–H and O–H groups in total. The van der Waals surface area contributed by atoms with Crippen LogP contribution < -0.4 is 0 Å². The summed E-state index contributed by atoms with van der Waals surface area (Å²) in [5, 5.41) is 0. The van der Waals surface area contributed by atoms with Crippen LogP contribution in [0.2, 0.25) is 0 Å². The Morgan fingerprint density at radius 3 is 2.56 bits per heavy atom. The molecule has 0 aliphatic heterocycles. The van der Waals surface area contributed by atoms with Crippen LogP contribution in [-0.4, -0.2) is 29.0 Å². The number of nitrogens with zero attached hydrogens (tertiary/aromatic N) is 2. The van der Waals surface area contributed by atoms with Crippen molar-refractivity contribution >= 4 is 11.5 Å². The standard InChI is InChI=1S/C12H12F2N2O2/c1-18-11(17)9-6-15-10(16-7-9)8-2-4-12(13,14)5-3-8/h2,6-7H,3-5H2,1H3. The maximum absolute atomic E-state index is 13.0. The molecule has 2 rings (SSSR count). The SMILES string of the molecule is COC(=O)c1cnc(C2=CCC(F)(F)CC2)nc1. The van der Waals surface area contributed by atoms with Crippen molar-refractivity contribution in [2.24, 2.45) is 0 Å². The highest BCUT2D eigenvalue weighted by molar-refractivity contribution is 5.88.